The van der Waals surface area contributed by atoms with E-state index in [0.29, 0.717) is 29.6 Å². The zero-order chi connectivity index (χ0) is 24.8. The highest BCUT2D eigenvalue weighted by Gasteiger charge is 2.34. The molecule has 0 saturated heterocycles. The van der Waals surface area contributed by atoms with Crippen molar-refractivity contribution in [1.29, 1.82) is 0 Å². The Hall–Kier alpha value is -3.81. The lowest BCUT2D eigenvalue weighted by atomic mass is 9.94. The molecule has 184 valence electrons. The third-order valence-corrected chi connectivity index (χ3v) is 6.19. The molecule has 0 saturated carbocycles. The molecular formula is C27H33N5O3. The zero-order valence-corrected chi connectivity index (χ0v) is 20.8. The lowest BCUT2D eigenvalue weighted by Gasteiger charge is -2.29. The van der Waals surface area contributed by atoms with Crippen LogP contribution in [0.3, 0.4) is 0 Å². The van der Waals surface area contributed by atoms with Gasteiger partial charge in [-0.05, 0) is 49.6 Å². The smallest absolute Gasteiger partial charge is 0.255 e. The Morgan fingerprint density at radius 2 is 1.94 bits per heavy atom. The van der Waals surface area contributed by atoms with Crippen LogP contribution in [0.25, 0.3) is 0 Å². The number of aryl methyl sites for hydroxylation is 1. The number of para-hydroxylation sites is 1. The van der Waals surface area contributed by atoms with E-state index in [1.54, 1.807) is 11.8 Å². The van der Waals surface area contributed by atoms with Crippen LogP contribution in [-0.4, -0.2) is 34.4 Å². The molecule has 3 aromatic rings. The molecule has 0 fully saturated rings. The summed E-state index contributed by atoms with van der Waals surface area (Å²) in [5.74, 6) is 1.68. The molecule has 1 amide bonds. The third kappa shape index (κ3) is 5.31. The van der Waals surface area contributed by atoms with Gasteiger partial charge in [-0.2, -0.15) is 10.1 Å². The normalized spacial score (nSPS) is 14.8. The Morgan fingerprint density at radius 1 is 1.11 bits per heavy atom. The minimum Gasteiger partial charge on any atom is -0.493 e. The van der Waals surface area contributed by atoms with E-state index < -0.39 is 6.04 Å². The number of aromatic nitrogens is 3. The van der Waals surface area contributed by atoms with Crippen molar-refractivity contribution >= 4 is 17.5 Å². The van der Waals surface area contributed by atoms with E-state index in [1.165, 1.54) is 19.2 Å². The van der Waals surface area contributed by atoms with Gasteiger partial charge in [0.25, 0.3) is 5.91 Å². The quantitative estimate of drug-likeness (QED) is 0.377. The first-order chi connectivity index (χ1) is 17.0. The number of fused-ring (bicyclic) bond motifs is 1. The van der Waals surface area contributed by atoms with Crippen LogP contribution in [0.4, 0.5) is 11.6 Å². The summed E-state index contributed by atoms with van der Waals surface area (Å²) in [5, 5.41) is 10.7. The molecule has 0 spiro atoms. The lowest BCUT2D eigenvalue weighted by Crippen LogP contribution is -2.31. The van der Waals surface area contributed by atoms with Gasteiger partial charge in [0.15, 0.2) is 11.5 Å². The Kier molecular flexibility index (Phi) is 7.70. The monoisotopic (exact) mass is 475 g/mol. The van der Waals surface area contributed by atoms with Crippen molar-refractivity contribution in [1.82, 2.24) is 14.8 Å². The summed E-state index contributed by atoms with van der Waals surface area (Å²) in [4.78, 5) is 17.9. The van der Waals surface area contributed by atoms with Gasteiger partial charge in [0.2, 0.25) is 5.95 Å². The molecule has 0 bridgehead atoms. The van der Waals surface area contributed by atoms with Gasteiger partial charge in [0.1, 0.15) is 12.4 Å². The topological polar surface area (TPSA) is 90.3 Å². The number of allylic oxidation sites excluding steroid dienone is 1. The average Bonchev–Trinajstić information content (AvgIpc) is 3.32. The van der Waals surface area contributed by atoms with Crippen molar-refractivity contribution in [3.05, 3.63) is 71.2 Å². The average molecular weight is 476 g/mol. The molecule has 0 aliphatic carbocycles. The predicted molar refractivity (Wildman–Crippen MR) is 137 cm³/mol. The van der Waals surface area contributed by atoms with Gasteiger partial charge in [-0.3, -0.25) is 4.79 Å². The number of ether oxygens (including phenoxy) is 2. The van der Waals surface area contributed by atoms with Crippen molar-refractivity contribution in [3.63, 3.8) is 0 Å². The fourth-order valence-electron chi connectivity index (χ4n) is 4.28. The van der Waals surface area contributed by atoms with Crippen LogP contribution in [0.15, 0.2) is 60.1 Å². The second-order valence-corrected chi connectivity index (χ2v) is 8.68. The van der Waals surface area contributed by atoms with Crippen LogP contribution in [0, 0.1) is 6.92 Å². The number of rotatable bonds is 10. The number of carbonyl (C=O) groups is 1. The molecular weight excluding hydrogens is 442 g/mol. The highest BCUT2D eigenvalue weighted by atomic mass is 16.5. The maximum atomic E-state index is 13.6. The van der Waals surface area contributed by atoms with Crippen LogP contribution < -0.4 is 20.1 Å². The van der Waals surface area contributed by atoms with Gasteiger partial charge in [-0.25, -0.2) is 4.68 Å². The van der Waals surface area contributed by atoms with Gasteiger partial charge >= 0.3 is 0 Å². The number of amides is 1. The highest BCUT2D eigenvalue weighted by molar-refractivity contribution is 6.06. The Balaban J connectivity index is 1.65. The molecule has 1 aromatic heterocycles. The molecule has 4 rings (SSSR count). The van der Waals surface area contributed by atoms with E-state index in [1.807, 2.05) is 56.3 Å². The number of benzene rings is 2. The van der Waals surface area contributed by atoms with Crippen LogP contribution in [0.5, 0.6) is 11.5 Å². The molecule has 1 aliphatic heterocycles. The molecule has 1 atom stereocenters. The Labute approximate surface area is 206 Å². The first-order valence-electron chi connectivity index (χ1n) is 12.1. The number of carbonyl (C=O) groups excluding carboxylic acids is 1. The van der Waals surface area contributed by atoms with Gasteiger partial charge in [-0.15, -0.1) is 0 Å². The van der Waals surface area contributed by atoms with Crippen molar-refractivity contribution in [2.45, 2.75) is 52.5 Å². The van der Waals surface area contributed by atoms with Gasteiger partial charge in [0, 0.05) is 11.4 Å². The van der Waals surface area contributed by atoms with E-state index in [0.717, 1.165) is 35.4 Å². The fraction of sp³-hybridized carbons (Fsp3) is 0.370. The molecule has 1 unspecified atom stereocenters. The molecule has 35 heavy (non-hydrogen) atoms. The van der Waals surface area contributed by atoms with Crippen LogP contribution in [0.2, 0.25) is 0 Å². The summed E-state index contributed by atoms with van der Waals surface area (Å²) in [6.45, 7) is 6.67. The molecule has 1 aliphatic rings. The molecule has 2 aromatic carbocycles. The van der Waals surface area contributed by atoms with Gasteiger partial charge < -0.3 is 20.1 Å². The van der Waals surface area contributed by atoms with Crippen molar-refractivity contribution in [3.8, 4) is 11.5 Å². The van der Waals surface area contributed by atoms with Crippen molar-refractivity contribution in [2.75, 3.05) is 24.4 Å². The number of nitrogens with one attached hydrogen (secondary N) is 2. The predicted octanol–water partition coefficient (Wildman–Crippen LogP) is 5.48. The standard InChI is InChI=1S/C27H33N5O3/c1-5-6-7-10-15-35-22-14-13-20(16-23(22)34-4)25-24(19(3)30-27-28-17-29-32(25)27)26(33)31-21-12-9-8-11-18(21)2/h8-9,11-14,16-17,25H,5-7,10,15H2,1-4H3,(H,31,33)(H,28,29,30). The summed E-state index contributed by atoms with van der Waals surface area (Å²) < 4.78 is 13.4. The van der Waals surface area contributed by atoms with Gasteiger partial charge in [-0.1, -0.05) is 50.5 Å². The molecule has 2 N–H and O–H groups in total. The second kappa shape index (κ2) is 11.1. The van der Waals surface area contributed by atoms with E-state index in [4.69, 9.17) is 9.47 Å². The van der Waals surface area contributed by atoms with E-state index in [9.17, 15) is 4.79 Å². The Morgan fingerprint density at radius 3 is 2.71 bits per heavy atom. The van der Waals surface area contributed by atoms with Crippen molar-refractivity contribution in [2.24, 2.45) is 0 Å². The Bertz CT molecular complexity index is 1220. The maximum Gasteiger partial charge on any atom is 0.255 e. The third-order valence-electron chi connectivity index (χ3n) is 6.19. The number of anilines is 2. The molecule has 0 radical (unpaired) electrons. The van der Waals surface area contributed by atoms with E-state index >= 15 is 0 Å². The first kappa shape index (κ1) is 24.3. The van der Waals surface area contributed by atoms with E-state index in [2.05, 4.69) is 27.6 Å². The number of hydrogen-bond donors (Lipinski definition) is 2. The van der Waals surface area contributed by atoms with Crippen LogP contribution in [-0.2, 0) is 4.79 Å². The molecule has 8 heteroatoms. The SMILES string of the molecule is CCCCCCOc1ccc(C2C(C(=O)Nc3ccccc3C)=C(C)Nc3ncnn32)cc1OC. The van der Waals surface area contributed by atoms with Crippen molar-refractivity contribution < 1.29 is 14.3 Å². The second-order valence-electron chi connectivity index (χ2n) is 8.68. The number of unbranched alkanes of at least 4 members (excludes halogenated alkanes) is 3. The summed E-state index contributed by atoms with van der Waals surface area (Å²) >= 11 is 0. The minimum atomic E-state index is -0.481. The summed E-state index contributed by atoms with van der Waals surface area (Å²) in [5.41, 5.74) is 3.88. The minimum absolute atomic E-state index is 0.203. The lowest BCUT2D eigenvalue weighted by molar-refractivity contribution is -0.113. The number of methoxy groups -OCH3 is 1. The van der Waals surface area contributed by atoms with Crippen LogP contribution >= 0.6 is 0 Å². The largest absolute Gasteiger partial charge is 0.493 e. The maximum absolute atomic E-state index is 13.6. The first-order valence-corrected chi connectivity index (χ1v) is 12.1. The fourth-order valence-corrected chi connectivity index (χ4v) is 4.28. The molecule has 2 heterocycles. The number of hydrogen-bond acceptors (Lipinski definition) is 6. The zero-order valence-electron chi connectivity index (χ0n) is 20.8. The molecule has 8 nitrogen and oxygen atoms in total. The van der Waals surface area contributed by atoms with Crippen LogP contribution in [0.1, 0.15) is 56.7 Å². The summed E-state index contributed by atoms with van der Waals surface area (Å²) in [6, 6.07) is 13.0. The van der Waals surface area contributed by atoms with Gasteiger partial charge in [0.05, 0.1) is 19.3 Å². The summed E-state index contributed by atoms with van der Waals surface area (Å²) in [7, 11) is 1.62. The number of nitrogens with zero attached hydrogens (tertiary/aromatic N) is 3. The summed E-state index contributed by atoms with van der Waals surface area (Å²) in [6.07, 6.45) is 6.01. The highest BCUT2D eigenvalue weighted by Crippen LogP contribution is 2.39. The van der Waals surface area contributed by atoms with E-state index in [-0.39, 0.29) is 5.91 Å².